The minimum atomic E-state index is 0.157. The fraction of sp³-hybridized carbons (Fsp3) is 0.435. The Kier molecular flexibility index (Phi) is 6.51. The van der Waals surface area contributed by atoms with Crippen LogP contribution >= 0.6 is 0 Å². The van der Waals surface area contributed by atoms with Gasteiger partial charge in [0, 0.05) is 23.7 Å². The van der Waals surface area contributed by atoms with Gasteiger partial charge < -0.3 is 14.5 Å². The van der Waals surface area contributed by atoms with Crippen molar-refractivity contribution in [2.75, 3.05) is 34.3 Å². The van der Waals surface area contributed by atoms with Crippen LogP contribution in [0.4, 0.5) is 0 Å². The smallest absolute Gasteiger partial charge is 0.254 e. The maximum absolute atomic E-state index is 13.1. The Morgan fingerprint density at radius 2 is 1.85 bits per heavy atom. The van der Waals surface area contributed by atoms with E-state index in [1.54, 1.807) is 7.11 Å². The number of piperidine rings is 1. The molecule has 27 heavy (non-hydrogen) atoms. The van der Waals surface area contributed by atoms with Crippen LogP contribution in [0.25, 0.3) is 11.1 Å². The molecule has 1 fully saturated rings. The third-order valence-electron chi connectivity index (χ3n) is 5.35. The van der Waals surface area contributed by atoms with Crippen molar-refractivity contribution in [1.29, 1.82) is 0 Å². The highest BCUT2D eigenvalue weighted by molar-refractivity contribution is 5.95. The number of carbonyl (C=O) groups excluding carboxylic acids is 1. The van der Waals surface area contributed by atoms with Gasteiger partial charge in [-0.2, -0.15) is 0 Å². The molecule has 0 spiro atoms. The van der Waals surface area contributed by atoms with Crippen molar-refractivity contribution in [2.24, 2.45) is 0 Å². The Bertz CT molecular complexity index is 755. The summed E-state index contributed by atoms with van der Waals surface area (Å²) in [5, 5.41) is 0. The predicted octanol–water partition coefficient (Wildman–Crippen LogP) is 4.31. The summed E-state index contributed by atoms with van der Waals surface area (Å²) in [7, 11) is 5.86. The maximum atomic E-state index is 13.1. The van der Waals surface area contributed by atoms with Crippen molar-refractivity contribution >= 4 is 5.91 Å². The third-order valence-corrected chi connectivity index (χ3v) is 5.35. The Morgan fingerprint density at radius 1 is 1.11 bits per heavy atom. The van der Waals surface area contributed by atoms with Gasteiger partial charge in [0.15, 0.2) is 0 Å². The van der Waals surface area contributed by atoms with Crippen LogP contribution in [0.2, 0.25) is 0 Å². The van der Waals surface area contributed by atoms with E-state index in [1.165, 1.54) is 6.42 Å². The number of ether oxygens (including phenoxy) is 1. The SMILES string of the molecule is COc1ccccc1-c1ccc(C(=O)N2CCCCC2CCN(C)C)cc1. The van der Waals surface area contributed by atoms with E-state index in [0.29, 0.717) is 6.04 Å². The first-order chi connectivity index (χ1) is 13.1. The van der Waals surface area contributed by atoms with Crippen molar-refractivity contribution in [2.45, 2.75) is 31.7 Å². The Hall–Kier alpha value is -2.33. The van der Waals surface area contributed by atoms with Gasteiger partial charge in [0.1, 0.15) is 5.75 Å². The molecule has 4 heteroatoms. The highest BCUT2D eigenvalue weighted by atomic mass is 16.5. The Labute approximate surface area is 162 Å². The zero-order valence-electron chi connectivity index (χ0n) is 16.6. The van der Waals surface area contributed by atoms with Crippen LogP contribution < -0.4 is 4.74 Å². The molecule has 0 N–H and O–H groups in total. The topological polar surface area (TPSA) is 32.8 Å². The van der Waals surface area contributed by atoms with Crippen LogP contribution in [-0.4, -0.2) is 56.0 Å². The van der Waals surface area contributed by atoms with Crippen molar-refractivity contribution in [1.82, 2.24) is 9.80 Å². The summed E-state index contributed by atoms with van der Waals surface area (Å²) in [6.07, 6.45) is 4.47. The van der Waals surface area contributed by atoms with Crippen LogP contribution in [0.15, 0.2) is 48.5 Å². The Balaban J connectivity index is 1.76. The van der Waals surface area contributed by atoms with Crippen LogP contribution in [0, 0.1) is 0 Å². The lowest BCUT2D eigenvalue weighted by Crippen LogP contribution is -2.44. The molecule has 3 rings (SSSR count). The summed E-state index contributed by atoms with van der Waals surface area (Å²) < 4.78 is 5.45. The first-order valence-corrected chi connectivity index (χ1v) is 9.79. The first-order valence-electron chi connectivity index (χ1n) is 9.79. The van der Waals surface area contributed by atoms with Gasteiger partial charge in [-0.05, 0) is 70.1 Å². The number of nitrogens with zero attached hydrogens (tertiary/aromatic N) is 2. The van der Waals surface area contributed by atoms with E-state index in [0.717, 1.165) is 54.8 Å². The molecule has 1 aliphatic heterocycles. The lowest BCUT2D eigenvalue weighted by molar-refractivity contribution is 0.0591. The highest BCUT2D eigenvalue weighted by Gasteiger charge is 2.27. The maximum Gasteiger partial charge on any atom is 0.254 e. The summed E-state index contributed by atoms with van der Waals surface area (Å²) in [6, 6.07) is 16.2. The van der Waals surface area contributed by atoms with Crippen molar-refractivity contribution in [3.63, 3.8) is 0 Å². The van der Waals surface area contributed by atoms with Gasteiger partial charge >= 0.3 is 0 Å². The molecule has 1 heterocycles. The monoisotopic (exact) mass is 366 g/mol. The average molecular weight is 367 g/mol. The zero-order chi connectivity index (χ0) is 19.2. The molecule has 1 aliphatic rings. The summed E-state index contributed by atoms with van der Waals surface area (Å²) >= 11 is 0. The average Bonchev–Trinajstić information content (AvgIpc) is 2.72. The molecule has 0 bridgehead atoms. The molecule has 0 saturated carbocycles. The molecule has 2 aromatic carbocycles. The number of benzene rings is 2. The van der Waals surface area contributed by atoms with Crippen LogP contribution in [0.1, 0.15) is 36.0 Å². The van der Waals surface area contributed by atoms with Gasteiger partial charge in [0.2, 0.25) is 0 Å². The quantitative estimate of drug-likeness (QED) is 0.764. The summed E-state index contributed by atoms with van der Waals surface area (Å²) in [5.41, 5.74) is 2.87. The fourth-order valence-electron chi connectivity index (χ4n) is 3.82. The van der Waals surface area contributed by atoms with Crippen LogP contribution in [0.5, 0.6) is 5.75 Å². The van der Waals surface area contributed by atoms with E-state index in [1.807, 2.05) is 48.5 Å². The standard InChI is InChI=1S/C23H30N2O2/c1-24(2)17-15-20-8-6-7-16-25(20)23(26)19-13-11-18(12-14-19)21-9-4-5-10-22(21)27-3/h4-5,9-14,20H,6-8,15-17H2,1-3H3. The minimum Gasteiger partial charge on any atom is -0.496 e. The fourth-order valence-corrected chi connectivity index (χ4v) is 3.82. The lowest BCUT2D eigenvalue weighted by atomic mass is 9.97. The molecule has 2 aromatic rings. The number of carbonyl (C=O) groups is 1. The molecular formula is C23H30N2O2. The molecule has 1 unspecified atom stereocenters. The first kappa shape index (κ1) is 19.4. The summed E-state index contributed by atoms with van der Waals surface area (Å²) in [5.74, 6) is 1.00. The number of hydrogen-bond acceptors (Lipinski definition) is 3. The number of methoxy groups -OCH3 is 1. The van der Waals surface area contributed by atoms with E-state index in [4.69, 9.17) is 4.74 Å². The Morgan fingerprint density at radius 3 is 2.56 bits per heavy atom. The van der Waals surface area contributed by atoms with Crippen molar-refractivity contribution in [3.8, 4) is 16.9 Å². The van der Waals surface area contributed by atoms with Crippen molar-refractivity contribution < 1.29 is 9.53 Å². The van der Waals surface area contributed by atoms with E-state index in [2.05, 4.69) is 23.9 Å². The molecule has 144 valence electrons. The van der Waals surface area contributed by atoms with Gasteiger partial charge in [0.25, 0.3) is 5.91 Å². The second-order valence-electron chi connectivity index (χ2n) is 7.52. The predicted molar refractivity (Wildman–Crippen MR) is 110 cm³/mol. The van der Waals surface area contributed by atoms with E-state index >= 15 is 0 Å². The number of para-hydroxylation sites is 1. The van der Waals surface area contributed by atoms with Gasteiger partial charge in [-0.25, -0.2) is 0 Å². The third kappa shape index (κ3) is 4.69. The largest absolute Gasteiger partial charge is 0.496 e. The second-order valence-corrected chi connectivity index (χ2v) is 7.52. The zero-order valence-corrected chi connectivity index (χ0v) is 16.6. The normalized spacial score (nSPS) is 17.2. The number of amides is 1. The molecule has 1 atom stereocenters. The van der Waals surface area contributed by atoms with Crippen LogP contribution in [0.3, 0.4) is 0 Å². The molecule has 0 radical (unpaired) electrons. The number of hydrogen-bond donors (Lipinski definition) is 0. The lowest BCUT2D eigenvalue weighted by Gasteiger charge is -2.36. The van der Waals surface area contributed by atoms with Gasteiger partial charge in [-0.15, -0.1) is 0 Å². The molecule has 4 nitrogen and oxygen atoms in total. The summed E-state index contributed by atoms with van der Waals surface area (Å²) in [6.45, 7) is 1.88. The summed E-state index contributed by atoms with van der Waals surface area (Å²) in [4.78, 5) is 17.4. The van der Waals surface area contributed by atoms with Gasteiger partial charge in [-0.3, -0.25) is 4.79 Å². The van der Waals surface area contributed by atoms with Gasteiger partial charge in [0.05, 0.1) is 7.11 Å². The molecular weight excluding hydrogens is 336 g/mol. The van der Waals surface area contributed by atoms with Crippen LogP contribution in [-0.2, 0) is 0 Å². The number of likely N-dealkylation sites (tertiary alicyclic amines) is 1. The van der Waals surface area contributed by atoms with Crippen molar-refractivity contribution in [3.05, 3.63) is 54.1 Å². The number of rotatable bonds is 6. The van der Waals surface area contributed by atoms with Gasteiger partial charge in [-0.1, -0.05) is 30.3 Å². The molecule has 0 aromatic heterocycles. The second kappa shape index (κ2) is 9.05. The van der Waals surface area contributed by atoms with E-state index in [9.17, 15) is 4.79 Å². The van der Waals surface area contributed by atoms with E-state index < -0.39 is 0 Å². The molecule has 1 saturated heterocycles. The molecule has 0 aliphatic carbocycles. The minimum absolute atomic E-state index is 0.157. The molecule has 1 amide bonds. The highest BCUT2D eigenvalue weighted by Crippen LogP contribution is 2.30. The van der Waals surface area contributed by atoms with E-state index in [-0.39, 0.29) is 5.91 Å².